The van der Waals surface area contributed by atoms with Crippen LogP contribution in [0.4, 0.5) is 0 Å². The maximum atomic E-state index is 12.5. The van der Waals surface area contributed by atoms with Gasteiger partial charge in [-0.3, -0.25) is 0 Å². The highest BCUT2D eigenvalue weighted by atomic mass is 32.2. The number of aromatic hydroxyl groups is 1. The normalized spacial score (nSPS) is 19.4. The van der Waals surface area contributed by atoms with E-state index in [1.165, 1.54) is 24.3 Å². The fraction of sp³-hybridized carbons (Fsp3) is 0.500. The molecule has 1 fully saturated rings. The molecule has 0 spiro atoms. The van der Waals surface area contributed by atoms with Crippen molar-refractivity contribution in [2.45, 2.75) is 35.3 Å². The van der Waals surface area contributed by atoms with Crippen molar-refractivity contribution in [3.05, 3.63) is 24.3 Å². The summed E-state index contributed by atoms with van der Waals surface area (Å²) in [6.45, 7) is -0.356. The van der Waals surface area contributed by atoms with Crippen LogP contribution in [0.1, 0.15) is 25.7 Å². The summed E-state index contributed by atoms with van der Waals surface area (Å²) in [5.41, 5.74) is 0. The molecule has 1 saturated carbocycles. The van der Waals surface area contributed by atoms with Crippen LogP contribution >= 0.6 is 0 Å². The number of phenols is 1. The Bertz CT molecular complexity index is 501. The monoisotopic (exact) mass is 256 g/mol. The Morgan fingerprint density at radius 1 is 1.24 bits per heavy atom. The molecule has 0 unspecified atom stereocenters. The van der Waals surface area contributed by atoms with Crippen LogP contribution in [-0.2, 0) is 9.84 Å². The second-order valence-electron chi connectivity index (χ2n) is 4.55. The lowest BCUT2D eigenvalue weighted by atomic mass is 10.1. The molecule has 0 amide bonds. The van der Waals surface area contributed by atoms with E-state index in [0.717, 1.165) is 12.8 Å². The number of benzene rings is 1. The summed E-state index contributed by atoms with van der Waals surface area (Å²) in [6.07, 6.45) is 2.61. The lowest BCUT2D eigenvalue weighted by Crippen LogP contribution is -2.39. The molecule has 0 aromatic heterocycles. The van der Waals surface area contributed by atoms with Gasteiger partial charge in [0, 0.05) is 0 Å². The van der Waals surface area contributed by atoms with Crippen molar-refractivity contribution < 1.29 is 18.6 Å². The Labute approximate surface area is 101 Å². The lowest BCUT2D eigenvalue weighted by Gasteiger charge is -2.26. The molecule has 0 aliphatic heterocycles. The van der Waals surface area contributed by atoms with E-state index < -0.39 is 14.6 Å². The number of aliphatic hydroxyl groups is 1. The van der Waals surface area contributed by atoms with Crippen LogP contribution in [0.5, 0.6) is 5.75 Å². The van der Waals surface area contributed by atoms with Gasteiger partial charge in [0.1, 0.15) is 5.75 Å². The molecule has 94 valence electrons. The summed E-state index contributed by atoms with van der Waals surface area (Å²) in [7, 11) is -3.58. The predicted octanol–water partition coefficient (Wildman–Crippen LogP) is 1.47. The third-order valence-electron chi connectivity index (χ3n) is 3.50. The Morgan fingerprint density at radius 3 is 2.41 bits per heavy atom. The molecule has 0 radical (unpaired) electrons. The molecule has 0 saturated heterocycles. The topological polar surface area (TPSA) is 74.6 Å². The van der Waals surface area contributed by atoms with Crippen molar-refractivity contribution in [2.24, 2.45) is 0 Å². The number of sulfone groups is 1. The zero-order valence-electron chi connectivity index (χ0n) is 9.46. The molecule has 4 nitrogen and oxygen atoms in total. The molecule has 0 bridgehead atoms. The smallest absolute Gasteiger partial charge is 0.186 e. The number of hydrogen-bond donors (Lipinski definition) is 2. The third kappa shape index (κ3) is 1.93. The molecular formula is C12H16O4S. The van der Waals surface area contributed by atoms with E-state index in [4.69, 9.17) is 0 Å². The third-order valence-corrected chi connectivity index (χ3v) is 6.05. The van der Waals surface area contributed by atoms with Crippen LogP contribution in [0, 0.1) is 0 Å². The van der Waals surface area contributed by atoms with E-state index in [1.54, 1.807) is 0 Å². The average Bonchev–Trinajstić information content (AvgIpc) is 2.79. The van der Waals surface area contributed by atoms with Crippen molar-refractivity contribution >= 4 is 9.84 Å². The van der Waals surface area contributed by atoms with Gasteiger partial charge >= 0.3 is 0 Å². The molecule has 2 rings (SSSR count). The minimum Gasteiger partial charge on any atom is -0.508 e. The van der Waals surface area contributed by atoms with E-state index in [2.05, 4.69) is 0 Å². The molecule has 0 atom stereocenters. The van der Waals surface area contributed by atoms with E-state index in [0.29, 0.717) is 12.8 Å². The first-order valence-corrected chi connectivity index (χ1v) is 7.15. The zero-order valence-corrected chi connectivity index (χ0v) is 10.3. The number of aliphatic hydroxyl groups excluding tert-OH is 1. The van der Waals surface area contributed by atoms with Gasteiger partial charge in [0.2, 0.25) is 0 Å². The highest BCUT2D eigenvalue weighted by molar-refractivity contribution is 7.92. The molecular weight excluding hydrogens is 240 g/mol. The molecule has 5 heteroatoms. The lowest BCUT2D eigenvalue weighted by molar-refractivity contribution is 0.242. The summed E-state index contributed by atoms with van der Waals surface area (Å²) >= 11 is 0. The van der Waals surface area contributed by atoms with Crippen molar-refractivity contribution in [1.29, 1.82) is 0 Å². The summed E-state index contributed by atoms with van der Waals surface area (Å²) in [6, 6.07) is 5.64. The van der Waals surface area contributed by atoms with Crippen LogP contribution in [0.15, 0.2) is 29.2 Å². The summed E-state index contributed by atoms with van der Waals surface area (Å²) in [4.78, 5) is 0.0912. The van der Waals surface area contributed by atoms with Crippen LogP contribution in [-0.4, -0.2) is 30.0 Å². The van der Waals surface area contributed by atoms with Crippen LogP contribution in [0.3, 0.4) is 0 Å². The van der Waals surface area contributed by atoms with E-state index in [1.807, 2.05) is 0 Å². The number of rotatable bonds is 3. The van der Waals surface area contributed by atoms with Gasteiger partial charge in [0.25, 0.3) is 0 Å². The van der Waals surface area contributed by atoms with E-state index in [9.17, 15) is 18.6 Å². The standard InChI is InChI=1S/C12H16O4S/c13-9-12(6-1-2-7-12)17(15,16)11-5-3-4-10(14)8-11/h3-5,8,13-14H,1-2,6-7,9H2. The van der Waals surface area contributed by atoms with Crippen molar-refractivity contribution in [3.63, 3.8) is 0 Å². The Kier molecular flexibility index (Phi) is 3.14. The zero-order chi connectivity index (χ0) is 12.5. The van der Waals surface area contributed by atoms with Crippen LogP contribution in [0.25, 0.3) is 0 Å². The minimum atomic E-state index is -3.58. The van der Waals surface area contributed by atoms with Gasteiger partial charge in [0.15, 0.2) is 9.84 Å². The van der Waals surface area contributed by atoms with E-state index in [-0.39, 0.29) is 17.3 Å². The number of phenolic OH excluding ortho intramolecular Hbond substituents is 1. The Morgan fingerprint density at radius 2 is 1.88 bits per heavy atom. The summed E-state index contributed by atoms with van der Waals surface area (Å²) < 4.78 is 23.9. The first-order valence-electron chi connectivity index (χ1n) is 5.66. The number of hydrogen-bond acceptors (Lipinski definition) is 4. The largest absolute Gasteiger partial charge is 0.508 e. The predicted molar refractivity (Wildman–Crippen MR) is 63.6 cm³/mol. The maximum absolute atomic E-state index is 12.5. The molecule has 2 N–H and O–H groups in total. The molecule has 1 aliphatic carbocycles. The second kappa shape index (κ2) is 4.31. The van der Waals surface area contributed by atoms with E-state index >= 15 is 0 Å². The van der Waals surface area contributed by atoms with Gasteiger partial charge in [-0.05, 0) is 31.0 Å². The molecule has 1 aliphatic rings. The van der Waals surface area contributed by atoms with Crippen molar-refractivity contribution in [1.82, 2.24) is 0 Å². The first-order chi connectivity index (χ1) is 8.02. The van der Waals surface area contributed by atoms with Gasteiger partial charge in [-0.2, -0.15) is 0 Å². The van der Waals surface area contributed by atoms with Crippen molar-refractivity contribution in [3.8, 4) is 5.75 Å². The minimum absolute atomic E-state index is 0.0721. The molecule has 17 heavy (non-hydrogen) atoms. The van der Waals surface area contributed by atoms with Gasteiger partial charge in [-0.25, -0.2) is 8.42 Å². The fourth-order valence-corrected chi connectivity index (χ4v) is 4.46. The highest BCUT2D eigenvalue weighted by Gasteiger charge is 2.46. The SMILES string of the molecule is O=S(=O)(c1cccc(O)c1)C1(CO)CCCC1. The molecule has 1 aromatic rings. The summed E-state index contributed by atoms with van der Waals surface area (Å²) in [5, 5.41) is 18.8. The van der Waals surface area contributed by atoms with Crippen LogP contribution < -0.4 is 0 Å². The highest BCUT2D eigenvalue weighted by Crippen LogP contribution is 2.40. The average molecular weight is 256 g/mol. The second-order valence-corrected chi connectivity index (χ2v) is 6.89. The van der Waals surface area contributed by atoms with Gasteiger partial charge in [0.05, 0.1) is 16.2 Å². The van der Waals surface area contributed by atoms with Crippen LogP contribution in [0.2, 0.25) is 0 Å². The molecule has 1 aromatic carbocycles. The maximum Gasteiger partial charge on any atom is 0.186 e. The van der Waals surface area contributed by atoms with Crippen molar-refractivity contribution in [2.75, 3.05) is 6.61 Å². The van der Waals surface area contributed by atoms with Gasteiger partial charge in [-0.1, -0.05) is 18.9 Å². The quantitative estimate of drug-likeness (QED) is 0.858. The van der Waals surface area contributed by atoms with Gasteiger partial charge in [-0.15, -0.1) is 0 Å². The Balaban J connectivity index is 2.49. The van der Waals surface area contributed by atoms with Gasteiger partial charge < -0.3 is 10.2 Å². The summed E-state index contributed by atoms with van der Waals surface area (Å²) in [5.74, 6) is -0.0721. The molecule has 0 heterocycles. The fourth-order valence-electron chi connectivity index (χ4n) is 2.43. The first kappa shape index (κ1) is 12.4. The Hall–Kier alpha value is -1.07.